The smallest absolute Gasteiger partial charge is 0.202 e. The lowest BCUT2D eigenvalue weighted by molar-refractivity contribution is 0.0818. The molecule has 0 saturated heterocycles. The average Bonchev–Trinajstić information content (AvgIpc) is 2.41. The van der Waals surface area contributed by atoms with Crippen molar-refractivity contribution in [1.82, 2.24) is 0 Å². The maximum absolute atomic E-state index is 12.1. The molecule has 3 nitrogen and oxygen atoms in total. The van der Waals surface area contributed by atoms with Crippen LogP contribution in [0.2, 0.25) is 0 Å². The molecule has 2 aromatic carbocycles. The molecule has 0 aliphatic rings. The van der Waals surface area contributed by atoms with E-state index in [1.54, 1.807) is 43.3 Å². The minimum Gasteiger partial charge on any atom is -0.483 e. The fourth-order valence-electron chi connectivity index (χ4n) is 1.64. The molecule has 0 amide bonds. The molecule has 2 rings (SSSR count). The highest BCUT2D eigenvalue weighted by atomic mass is 16.5. The first-order chi connectivity index (χ1) is 8.66. The van der Waals surface area contributed by atoms with Crippen molar-refractivity contribution in [2.45, 2.75) is 13.0 Å². The zero-order chi connectivity index (χ0) is 13.0. The van der Waals surface area contributed by atoms with Crippen LogP contribution in [-0.4, -0.2) is 11.9 Å². The Morgan fingerprint density at radius 2 is 1.67 bits per heavy atom. The van der Waals surface area contributed by atoms with E-state index in [2.05, 4.69) is 0 Å². The predicted octanol–water partition coefficient (Wildman–Crippen LogP) is 2.92. The lowest BCUT2D eigenvalue weighted by atomic mass is 10.1. The minimum absolute atomic E-state index is 0.0348. The number of hydrogen-bond acceptors (Lipinski definition) is 3. The number of nitrogen functional groups attached to an aromatic ring is 1. The molecule has 0 saturated carbocycles. The van der Waals surface area contributed by atoms with Gasteiger partial charge in [-0.1, -0.05) is 30.3 Å². The number of anilines is 1. The van der Waals surface area contributed by atoms with Crippen LogP contribution < -0.4 is 10.5 Å². The van der Waals surface area contributed by atoms with Crippen molar-refractivity contribution in [2.75, 3.05) is 5.73 Å². The molecule has 92 valence electrons. The van der Waals surface area contributed by atoms with Crippen LogP contribution in [0, 0.1) is 0 Å². The largest absolute Gasteiger partial charge is 0.483 e. The first kappa shape index (κ1) is 12.2. The zero-order valence-electron chi connectivity index (χ0n) is 10.2. The minimum atomic E-state index is -0.518. The molecule has 0 aliphatic heterocycles. The standard InChI is InChI=1S/C15H15NO2/c1-11(15(17)12-5-3-2-4-6-12)18-14-9-7-13(16)8-10-14/h2-11H,16H2,1H3. The molecule has 2 aromatic rings. The second kappa shape index (κ2) is 5.36. The Morgan fingerprint density at radius 3 is 2.28 bits per heavy atom. The van der Waals surface area contributed by atoms with Crippen molar-refractivity contribution in [2.24, 2.45) is 0 Å². The molecule has 1 unspecified atom stereocenters. The molecule has 1 atom stereocenters. The van der Waals surface area contributed by atoms with Gasteiger partial charge in [0.25, 0.3) is 0 Å². The fourth-order valence-corrected chi connectivity index (χ4v) is 1.64. The normalized spacial score (nSPS) is 11.8. The van der Waals surface area contributed by atoms with Crippen LogP contribution in [0.3, 0.4) is 0 Å². The molecule has 2 N–H and O–H groups in total. The number of rotatable bonds is 4. The Balaban J connectivity index is 2.06. The predicted molar refractivity (Wildman–Crippen MR) is 71.7 cm³/mol. The van der Waals surface area contributed by atoms with E-state index >= 15 is 0 Å². The molecular weight excluding hydrogens is 226 g/mol. The van der Waals surface area contributed by atoms with Crippen LogP contribution in [0.4, 0.5) is 5.69 Å². The number of nitrogens with two attached hydrogens (primary N) is 1. The lowest BCUT2D eigenvalue weighted by Crippen LogP contribution is -2.23. The third kappa shape index (κ3) is 2.88. The number of hydrogen-bond donors (Lipinski definition) is 1. The molecule has 18 heavy (non-hydrogen) atoms. The maximum atomic E-state index is 12.1. The average molecular weight is 241 g/mol. The number of ether oxygens (including phenoxy) is 1. The second-order valence-electron chi connectivity index (χ2n) is 4.06. The third-order valence-electron chi connectivity index (χ3n) is 2.62. The Hall–Kier alpha value is -2.29. The monoisotopic (exact) mass is 241 g/mol. The van der Waals surface area contributed by atoms with Gasteiger partial charge < -0.3 is 10.5 Å². The quantitative estimate of drug-likeness (QED) is 0.661. The SMILES string of the molecule is CC(Oc1ccc(N)cc1)C(=O)c1ccccc1. The molecule has 3 heteroatoms. The Kier molecular flexibility index (Phi) is 3.63. The summed E-state index contributed by atoms with van der Waals surface area (Å²) < 4.78 is 5.58. The molecule has 0 aliphatic carbocycles. The summed E-state index contributed by atoms with van der Waals surface area (Å²) in [5.41, 5.74) is 6.91. The molecule has 0 radical (unpaired) electrons. The number of ketones is 1. The molecule has 0 bridgehead atoms. The van der Waals surface area contributed by atoms with Gasteiger partial charge >= 0.3 is 0 Å². The van der Waals surface area contributed by atoms with E-state index in [-0.39, 0.29) is 5.78 Å². The van der Waals surface area contributed by atoms with Crippen LogP contribution in [0.1, 0.15) is 17.3 Å². The first-order valence-electron chi connectivity index (χ1n) is 5.78. The van der Waals surface area contributed by atoms with Crippen LogP contribution >= 0.6 is 0 Å². The molecule has 0 spiro atoms. The van der Waals surface area contributed by atoms with E-state index in [1.165, 1.54) is 0 Å². The number of benzene rings is 2. The van der Waals surface area contributed by atoms with E-state index in [1.807, 2.05) is 18.2 Å². The zero-order valence-corrected chi connectivity index (χ0v) is 10.2. The summed E-state index contributed by atoms with van der Waals surface area (Å²) in [7, 11) is 0. The number of carbonyl (C=O) groups is 1. The molecular formula is C15H15NO2. The molecule has 0 fully saturated rings. The highest BCUT2D eigenvalue weighted by molar-refractivity contribution is 5.99. The highest BCUT2D eigenvalue weighted by Crippen LogP contribution is 2.16. The van der Waals surface area contributed by atoms with Crippen molar-refractivity contribution >= 4 is 11.5 Å². The summed E-state index contributed by atoms with van der Waals surface area (Å²) in [6.07, 6.45) is -0.518. The van der Waals surface area contributed by atoms with Crippen molar-refractivity contribution in [3.8, 4) is 5.75 Å². The number of carbonyl (C=O) groups excluding carboxylic acids is 1. The van der Waals surface area contributed by atoms with Gasteiger partial charge in [-0.05, 0) is 31.2 Å². The first-order valence-corrected chi connectivity index (χ1v) is 5.78. The van der Waals surface area contributed by atoms with Gasteiger partial charge in [0.1, 0.15) is 5.75 Å². The Bertz CT molecular complexity index is 520. The van der Waals surface area contributed by atoms with Gasteiger partial charge in [0.15, 0.2) is 6.10 Å². The Morgan fingerprint density at radius 1 is 1.06 bits per heavy atom. The van der Waals surface area contributed by atoms with Gasteiger partial charge in [0, 0.05) is 11.3 Å². The van der Waals surface area contributed by atoms with Crippen molar-refractivity contribution in [3.05, 3.63) is 60.2 Å². The van der Waals surface area contributed by atoms with Crippen LogP contribution in [0.15, 0.2) is 54.6 Å². The van der Waals surface area contributed by atoms with Gasteiger partial charge in [-0.15, -0.1) is 0 Å². The summed E-state index contributed by atoms with van der Waals surface area (Å²) in [6.45, 7) is 1.74. The second-order valence-corrected chi connectivity index (χ2v) is 4.06. The van der Waals surface area contributed by atoms with Gasteiger partial charge in [-0.25, -0.2) is 0 Å². The van der Waals surface area contributed by atoms with Gasteiger partial charge in [0.05, 0.1) is 0 Å². The van der Waals surface area contributed by atoms with Crippen molar-refractivity contribution in [1.29, 1.82) is 0 Å². The van der Waals surface area contributed by atoms with Crippen LogP contribution in [0.5, 0.6) is 5.75 Å². The van der Waals surface area contributed by atoms with Gasteiger partial charge in [-0.2, -0.15) is 0 Å². The van der Waals surface area contributed by atoms with Gasteiger partial charge in [-0.3, -0.25) is 4.79 Å². The highest BCUT2D eigenvalue weighted by Gasteiger charge is 2.16. The third-order valence-corrected chi connectivity index (χ3v) is 2.62. The fraction of sp³-hybridized carbons (Fsp3) is 0.133. The van der Waals surface area contributed by atoms with Crippen LogP contribution in [0.25, 0.3) is 0 Å². The molecule has 0 aromatic heterocycles. The van der Waals surface area contributed by atoms with E-state index in [0.29, 0.717) is 17.0 Å². The van der Waals surface area contributed by atoms with Crippen molar-refractivity contribution < 1.29 is 9.53 Å². The summed E-state index contributed by atoms with van der Waals surface area (Å²) in [4.78, 5) is 12.1. The number of Topliss-reactive ketones (excluding diaryl/α,β-unsaturated/α-hetero) is 1. The summed E-state index contributed by atoms with van der Waals surface area (Å²) in [6, 6.07) is 16.1. The van der Waals surface area contributed by atoms with E-state index in [0.717, 1.165) is 0 Å². The summed E-state index contributed by atoms with van der Waals surface area (Å²) in [5.74, 6) is 0.605. The maximum Gasteiger partial charge on any atom is 0.202 e. The topological polar surface area (TPSA) is 52.3 Å². The van der Waals surface area contributed by atoms with Gasteiger partial charge in [0.2, 0.25) is 5.78 Å². The summed E-state index contributed by atoms with van der Waals surface area (Å²) >= 11 is 0. The molecule has 0 heterocycles. The lowest BCUT2D eigenvalue weighted by Gasteiger charge is -2.13. The summed E-state index contributed by atoms with van der Waals surface area (Å²) in [5, 5.41) is 0. The van der Waals surface area contributed by atoms with Crippen molar-refractivity contribution in [3.63, 3.8) is 0 Å². The van der Waals surface area contributed by atoms with E-state index in [4.69, 9.17) is 10.5 Å². The van der Waals surface area contributed by atoms with Crippen LogP contribution in [-0.2, 0) is 0 Å². The van der Waals surface area contributed by atoms with E-state index < -0.39 is 6.10 Å². The van der Waals surface area contributed by atoms with E-state index in [9.17, 15) is 4.79 Å². The Labute approximate surface area is 106 Å².